The van der Waals surface area contributed by atoms with Crippen LogP contribution in [0.2, 0.25) is 0 Å². The first-order chi connectivity index (χ1) is 10.6. The molecule has 0 saturated carbocycles. The van der Waals surface area contributed by atoms with E-state index in [1.54, 1.807) is 7.11 Å². The van der Waals surface area contributed by atoms with Crippen LogP contribution in [-0.2, 0) is 16.1 Å². The molecule has 0 aromatic heterocycles. The molecule has 2 rings (SSSR count). The van der Waals surface area contributed by atoms with Gasteiger partial charge in [-0.05, 0) is 25.0 Å². The number of aliphatic hydroxyl groups is 1. The van der Waals surface area contributed by atoms with Gasteiger partial charge in [-0.1, -0.05) is 12.1 Å². The molecule has 1 fully saturated rings. The van der Waals surface area contributed by atoms with Crippen LogP contribution in [0.5, 0.6) is 5.75 Å². The molecule has 1 heterocycles. The van der Waals surface area contributed by atoms with Crippen molar-refractivity contribution < 1.29 is 19.4 Å². The Bertz CT molecular complexity index is 507. The van der Waals surface area contributed by atoms with Gasteiger partial charge >= 0.3 is 0 Å². The molecule has 1 aliphatic heterocycles. The molecule has 6 nitrogen and oxygen atoms in total. The highest BCUT2D eigenvalue weighted by atomic mass is 16.5. The Kier molecular flexibility index (Phi) is 6.18. The van der Waals surface area contributed by atoms with Gasteiger partial charge in [-0.3, -0.25) is 4.79 Å². The second kappa shape index (κ2) is 8.12. The van der Waals surface area contributed by atoms with Crippen molar-refractivity contribution in [2.45, 2.75) is 32.0 Å². The van der Waals surface area contributed by atoms with E-state index in [1.807, 2.05) is 25.1 Å². The first kappa shape index (κ1) is 16.7. The fraction of sp³-hybridized carbons (Fsp3) is 0.562. The van der Waals surface area contributed by atoms with Gasteiger partial charge in [0.25, 0.3) is 0 Å². The van der Waals surface area contributed by atoms with Crippen LogP contribution in [0.1, 0.15) is 17.5 Å². The number of rotatable bonds is 7. The minimum absolute atomic E-state index is 0.0973. The molecule has 0 bridgehead atoms. The zero-order valence-electron chi connectivity index (χ0n) is 13.1. The highest BCUT2D eigenvalue weighted by molar-refractivity contribution is 5.82. The van der Waals surface area contributed by atoms with Gasteiger partial charge < -0.3 is 25.2 Å². The molecule has 1 amide bonds. The fourth-order valence-corrected chi connectivity index (χ4v) is 2.40. The summed E-state index contributed by atoms with van der Waals surface area (Å²) in [6.07, 6.45) is 0.0137. The first-order valence-corrected chi connectivity index (χ1v) is 7.50. The third kappa shape index (κ3) is 4.69. The lowest BCUT2D eigenvalue weighted by Gasteiger charge is -2.15. The van der Waals surface area contributed by atoms with Crippen molar-refractivity contribution in [2.75, 3.05) is 26.9 Å². The maximum atomic E-state index is 12.1. The Hall–Kier alpha value is -1.63. The molecular weight excluding hydrogens is 284 g/mol. The highest BCUT2D eigenvalue weighted by Gasteiger charge is 2.27. The molecule has 6 heteroatoms. The summed E-state index contributed by atoms with van der Waals surface area (Å²) in [5, 5.41) is 15.3. The molecule has 0 radical (unpaired) electrons. The second-order valence-electron chi connectivity index (χ2n) is 5.52. The molecule has 0 spiro atoms. The monoisotopic (exact) mass is 308 g/mol. The summed E-state index contributed by atoms with van der Waals surface area (Å²) in [6.45, 7) is 3.85. The van der Waals surface area contributed by atoms with Crippen LogP contribution in [0, 0.1) is 6.92 Å². The summed E-state index contributed by atoms with van der Waals surface area (Å²) in [6, 6.07) is 5.57. The third-order valence-electron chi connectivity index (χ3n) is 3.64. The zero-order chi connectivity index (χ0) is 15.9. The van der Waals surface area contributed by atoms with Crippen molar-refractivity contribution in [1.82, 2.24) is 10.6 Å². The van der Waals surface area contributed by atoms with Crippen LogP contribution in [0.4, 0.5) is 0 Å². The Morgan fingerprint density at radius 1 is 1.45 bits per heavy atom. The van der Waals surface area contributed by atoms with Crippen LogP contribution < -0.4 is 15.4 Å². The number of hydrogen-bond donors (Lipinski definition) is 3. The van der Waals surface area contributed by atoms with Crippen molar-refractivity contribution >= 4 is 5.91 Å². The standard InChI is InChI=1S/C16H24N2O4/c1-11-3-4-12(15(7-11)22-6-5-21-2)9-18-16(20)14-8-13(19)10-17-14/h3-4,7,13-14,17,19H,5-6,8-10H2,1-2H3,(H,18,20). The lowest BCUT2D eigenvalue weighted by atomic mass is 10.1. The third-order valence-corrected chi connectivity index (χ3v) is 3.64. The molecule has 2 unspecified atom stereocenters. The summed E-state index contributed by atoms with van der Waals surface area (Å²) < 4.78 is 10.7. The van der Waals surface area contributed by atoms with E-state index in [9.17, 15) is 9.90 Å². The molecule has 1 aliphatic rings. The topological polar surface area (TPSA) is 79.8 Å². The van der Waals surface area contributed by atoms with E-state index >= 15 is 0 Å². The molecule has 22 heavy (non-hydrogen) atoms. The largest absolute Gasteiger partial charge is 0.491 e. The van der Waals surface area contributed by atoms with Crippen LogP contribution in [0.3, 0.4) is 0 Å². The number of methoxy groups -OCH3 is 1. The molecule has 122 valence electrons. The van der Waals surface area contributed by atoms with E-state index in [-0.39, 0.29) is 11.9 Å². The van der Waals surface area contributed by atoms with Gasteiger partial charge in [0.2, 0.25) is 5.91 Å². The van der Waals surface area contributed by atoms with Crippen LogP contribution >= 0.6 is 0 Å². The lowest BCUT2D eigenvalue weighted by molar-refractivity contribution is -0.123. The molecule has 1 aromatic carbocycles. The molecule has 2 atom stereocenters. The SMILES string of the molecule is COCCOc1cc(C)ccc1CNC(=O)C1CC(O)CN1. The molecular formula is C16H24N2O4. The summed E-state index contributed by atoms with van der Waals surface area (Å²) in [5.74, 6) is 0.664. The van der Waals surface area contributed by atoms with E-state index in [4.69, 9.17) is 9.47 Å². The number of hydrogen-bond acceptors (Lipinski definition) is 5. The number of β-amino-alcohol motifs (C(OH)–C–C–N with tert-alkyl or cyclic N) is 1. The van der Waals surface area contributed by atoms with Gasteiger partial charge in [0, 0.05) is 25.8 Å². The van der Waals surface area contributed by atoms with E-state index in [1.165, 1.54) is 0 Å². The normalized spacial score (nSPS) is 20.9. The Morgan fingerprint density at radius 2 is 2.27 bits per heavy atom. The van der Waals surface area contributed by atoms with Crippen molar-refractivity contribution in [3.63, 3.8) is 0 Å². The average Bonchev–Trinajstić information content (AvgIpc) is 2.93. The zero-order valence-corrected chi connectivity index (χ0v) is 13.1. The van der Waals surface area contributed by atoms with E-state index < -0.39 is 6.10 Å². The van der Waals surface area contributed by atoms with Crippen molar-refractivity contribution in [2.24, 2.45) is 0 Å². The molecule has 0 aliphatic carbocycles. The van der Waals surface area contributed by atoms with Crippen molar-refractivity contribution in [3.05, 3.63) is 29.3 Å². The van der Waals surface area contributed by atoms with Gasteiger partial charge in [0.05, 0.1) is 18.8 Å². The minimum atomic E-state index is -0.442. The summed E-state index contributed by atoms with van der Waals surface area (Å²) >= 11 is 0. The van der Waals surface area contributed by atoms with Gasteiger partial charge in [-0.15, -0.1) is 0 Å². The fourth-order valence-electron chi connectivity index (χ4n) is 2.40. The Labute approximate surface area is 130 Å². The minimum Gasteiger partial charge on any atom is -0.491 e. The number of aryl methyl sites for hydroxylation is 1. The first-order valence-electron chi connectivity index (χ1n) is 7.50. The van der Waals surface area contributed by atoms with Gasteiger partial charge in [-0.2, -0.15) is 0 Å². The number of benzene rings is 1. The van der Waals surface area contributed by atoms with E-state index in [0.29, 0.717) is 32.7 Å². The summed E-state index contributed by atoms with van der Waals surface area (Å²) in [4.78, 5) is 12.1. The van der Waals surface area contributed by atoms with Crippen molar-refractivity contribution in [3.8, 4) is 5.75 Å². The van der Waals surface area contributed by atoms with Crippen LogP contribution in [0.25, 0.3) is 0 Å². The predicted molar refractivity (Wildman–Crippen MR) is 82.8 cm³/mol. The van der Waals surface area contributed by atoms with E-state index in [0.717, 1.165) is 16.9 Å². The van der Waals surface area contributed by atoms with Gasteiger partial charge in [-0.25, -0.2) is 0 Å². The van der Waals surface area contributed by atoms with Crippen LogP contribution in [-0.4, -0.2) is 50.0 Å². The Balaban J connectivity index is 1.92. The molecule has 1 saturated heterocycles. The van der Waals surface area contributed by atoms with Crippen LogP contribution in [0.15, 0.2) is 18.2 Å². The second-order valence-corrected chi connectivity index (χ2v) is 5.52. The number of nitrogens with one attached hydrogen (secondary N) is 2. The van der Waals surface area contributed by atoms with Gasteiger partial charge in [0.1, 0.15) is 12.4 Å². The van der Waals surface area contributed by atoms with Gasteiger partial charge in [0.15, 0.2) is 0 Å². The quantitative estimate of drug-likeness (QED) is 0.634. The number of aliphatic hydroxyl groups excluding tert-OH is 1. The lowest BCUT2D eigenvalue weighted by Crippen LogP contribution is -2.40. The van der Waals surface area contributed by atoms with E-state index in [2.05, 4.69) is 10.6 Å². The smallest absolute Gasteiger partial charge is 0.237 e. The summed E-state index contributed by atoms with van der Waals surface area (Å²) in [7, 11) is 1.63. The Morgan fingerprint density at radius 3 is 2.95 bits per heavy atom. The maximum Gasteiger partial charge on any atom is 0.237 e. The number of amides is 1. The number of ether oxygens (including phenoxy) is 2. The highest BCUT2D eigenvalue weighted by Crippen LogP contribution is 2.20. The maximum absolute atomic E-state index is 12.1. The summed E-state index contributed by atoms with van der Waals surface area (Å²) in [5.41, 5.74) is 2.02. The molecule has 3 N–H and O–H groups in total. The molecule has 1 aromatic rings. The van der Waals surface area contributed by atoms with Crippen molar-refractivity contribution in [1.29, 1.82) is 0 Å². The number of carbonyl (C=O) groups excluding carboxylic acids is 1. The average molecular weight is 308 g/mol. The predicted octanol–water partition coefficient (Wildman–Crippen LogP) is 0.359. The number of carbonyl (C=O) groups is 1.